The highest BCUT2D eigenvalue weighted by atomic mass is 16.1. The quantitative estimate of drug-likeness (QED) is 0.859. The van der Waals surface area contributed by atoms with E-state index >= 15 is 0 Å². The summed E-state index contributed by atoms with van der Waals surface area (Å²) in [6, 6.07) is 7.94. The smallest absolute Gasteiger partial charge is 0.258 e. The van der Waals surface area contributed by atoms with Crippen molar-refractivity contribution >= 4 is 0 Å². The Labute approximate surface area is 101 Å². The predicted molar refractivity (Wildman–Crippen MR) is 69.1 cm³/mol. The third-order valence-corrected chi connectivity index (χ3v) is 2.77. The number of hydrogen-bond donors (Lipinski definition) is 1. The molecule has 0 aliphatic heterocycles. The first-order valence-electron chi connectivity index (χ1n) is 5.74. The summed E-state index contributed by atoms with van der Waals surface area (Å²) >= 11 is 0. The summed E-state index contributed by atoms with van der Waals surface area (Å²) in [5.74, 6) is 0.230. The van der Waals surface area contributed by atoms with E-state index in [-0.39, 0.29) is 11.5 Å². The minimum Gasteiger partial charge on any atom is -0.313 e. The third kappa shape index (κ3) is 2.28. The van der Waals surface area contributed by atoms with Crippen molar-refractivity contribution in [3.8, 4) is 11.1 Å². The minimum atomic E-state index is -0.0763. The van der Waals surface area contributed by atoms with Crippen LogP contribution >= 0.6 is 0 Å². The Morgan fingerprint density at radius 2 is 1.82 bits per heavy atom. The molecule has 88 valence electrons. The van der Waals surface area contributed by atoms with Crippen molar-refractivity contribution in [1.82, 2.24) is 9.97 Å². The molecule has 0 unspecified atom stereocenters. The molecular weight excluding hydrogens is 212 g/mol. The first-order valence-corrected chi connectivity index (χ1v) is 5.74. The number of hydrogen-bond acceptors (Lipinski definition) is 2. The van der Waals surface area contributed by atoms with Crippen molar-refractivity contribution in [2.75, 3.05) is 0 Å². The van der Waals surface area contributed by atoms with E-state index in [4.69, 9.17) is 0 Å². The lowest BCUT2D eigenvalue weighted by atomic mass is 9.98. The molecule has 17 heavy (non-hydrogen) atoms. The van der Waals surface area contributed by atoms with Crippen LogP contribution in [0, 0.1) is 6.92 Å². The van der Waals surface area contributed by atoms with Crippen molar-refractivity contribution in [2.24, 2.45) is 0 Å². The molecule has 0 spiro atoms. The van der Waals surface area contributed by atoms with Gasteiger partial charge in [-0.1, -0.05) is 43.7 Å². The van der Waals surface area contributed by atoms with Crippen LogP contribution in [0.3, 0.4) is 0 Å². The van der Waals surface area contributed by atoms with E-state index in [0.717, 1.165) is 11.3 Å². The van der Waals surface area contributed by atoms with Gasteiger partial charge in [-0.3, -0.25) is 4.79 Å². The maximum Gasteiger partial charge on any atom is 0.258 e. The summed E-state index contributed by atoms with van der Waals surface area (Å²) in [7, 11) is 0. The number of rotatable bonds is 2. The number of aromatic amines is 1. The van der Waals surface area contributed by atoms with Gasteiger partial charge < -0.3 is 4.98 Å². The summed E-state index contributed by atoms with van der Waals surface area (Å²) in [6.45, 7) is 6.11. The van der Waals surface area contributed by atoms with Crippen LogP contribution in [0.2, 0.25) is 0 Å². The van der Waals surface area contributed by atoms with Gasteiger partial charge in [0.15, 0.2) is 0 Å². The van der Waals surface area contributed by atoms with E-state index in [1.54, 1.807) is 0 Å². The summed E-state index contributed by atoms with van der Waals surface area (Å²) in [5.41, 5.74) is 3.56. The monoisotopic (exact) mass is 228 g/mol. The molecule has 3 nitrogen and oxygen atoms in total. The normalized spacial score (nSPS) is 10.8. The number of aromatic nitrogens is 2. The van der Waals surface area contributed by atoms with Crippen molar-refractivity contribution in [1.29, 1.82) is 0 Å². The Hall–Kier alpha value is -1.90. The fraction of sp³-hybridized carbons (Fsp3) is 0.286. The van der Waals surface area contributed by atoms with Crippen molar-refractivity contribution in [2.45, 2.75) is 26.7 Å². The van der Waals surface area contributed by atoms with Crippen LogP contribution in [0.15, 0.2) is 35.4 Å². The maximum absolute atomic E-state index is 11.9. The number of H-pyrrole nitrogens is 1. The number of nitrogens with one attached hydrogen (secondary N) is 1. The molecule has 0 aliphatic rings. The van der Waals surface area contributed by atoms with Crippen LogP contribution in [-0.2, 0) is 0 Å². The summed E-state index contributed by atoms with van der Waals surface area (Å²) in [4.78, 5) is 18.9. The minimum absolute atomic E-state index is 0.0763. The van der Waals surface area contributed by atoms with Gasteiger partial charge in [0.1, 0.15) is 0 Å². The predicted octanol–water partition coefficient (Wildman–Crippen LogP) is 2.87. The van der Waals surface area contributed by atoms with E-state index in [1.165, 1.54) is 11.9 Å². The van der Waals surface area contributed by atoms with E-state index in [9.17, 15) is 4.79 Å². The van der Waals surface area contributed by atoms with Crippen LogP contribution in [0.25, 0.3) is 11.1 Å². The Bertz CT molecular complexity index is 568. The summed E-state index contributed by atoms with van der Waals surface area (Å²) < 4.78 is 0. The third-order valence-electron chi connectivity index (χ3n) is 2.77. The molecule has 3 heteroatoms. The zero-order chi connectivity index (χ0) is 12.4. The molecule has 0 fully saturated rings. The molecule has 1 heterocycles. The van der Waals surface area contributed by atoms with E-state index in [1.807, 2.05) is 45.0 Å². The topological polar surface area (TPSA) is 45.8 Å². The van der Waals surface area contributed by atoms with Crippen molar-refractivity contribution < 1.29 is 0 Å². The SMILES string of the molecule is Cc1ccc(-c2c(C(C)C)nc[nH]c2=O)cc1. The first kappa shape index (κ1) is 11.6. The Balaban J connectivity index is 2.65. The van der Waals surface area contributed by atoms with Gasteiger partial charge in [0.05, 0.1) is 17.6 Å². The highest BCUT2D eigenvalue weighted by molar-refractivity contribution is 5.65. The largest absolute Gasteiger partial charge is 0.313 e. The average molecular weight is 228 g/mol. The Morgan fingerprint density at radius 1 is 1.18 bits per heavy atom. The fourth-order valence-corrected chi connectivity index (χ4v) is 1.85. The van der Waals surface area contributed by atoms with Crippen molar-refractivity contribution in [3.05, 3.63) is 52.2 Å². The van der Waals surface area contributed by atoms with Crippen LogP contribution in [0.5, 0.6) is 0 Å². The molecule has 0 saturated carbocycles. The van der Waals surface area contributed by atoms with Gasteiger partial charge in [-0.05, 0) is 18.4 Å². The molecule has 1 aromatic carbocycles. The Kier molecular flexibility index (Phi) is 3.09. The van der Waals surface area contributed by atoms with Crippen LogP contribution in [-0.4, -0.2) is 9.97 Å². The fourth-order valence-electron chi connectivity index (χ4n) is 1.85. The molecule has 0 radical (unpaired) electrons. The first-order chi connectivity index (χ1) is 8.09. The van der Waals surface area contributed by atoms with Gasteiger partial charge in [-0.2, -0.15) is 0 Å². The van der Waals surface area contributed by atoms with Gasteiger partial charge in [0.2, 0.25) is 0 Å². The standard InChI is InChI=1S/C14H16N2O/c1-9(2)13-12(14(17)16-8-15-13)11-6-4-10(3)5-7-11/h4-9H,1-3H3,(H,15,16,17). The average Bonchev–Trinajstić information content (AvgIpc) is 2.30. The molecule has 2 rings (SSSR count). The zero-order valence-corrected chi connectivity index (χ0v) is 10.3. The van der Waals surface area contributed by atoms with Gasteiger partial charge in [-0.15, -0.1) is 0 Å². The maximum atomic E-state index is 11.9. The zero-order valence-electron chi connectivity index (χ0n) is 10.3. The van der Waals surface area contributed by atoms with Crippen LogP contribution in [0.1, 0.15) is 31.0 Å². The van der Waals surface area contributed by atoms with E-state index in [0.29, 0.717) is 5.56 Å². The molecule has 0 saturated heterocycles. The second-order valence-corrected chi connectivity index (χ2v) is 4.51. The van der Waals surface area contributed by atoms with Crippen molar-refractivity contribution in [3.63, 3.8) is 0 Å². The molecular formula is C14H16N2O. The lowest BCUT2D eigenvalue weighted by molar-refractivity contribution is 0.812. The van der Waals surface area contributed by atoms with Gasteiger partial charge in [-0.25, -0.2) is 4.98 Å². The summed E-state index contributed by atoms with van der Waals surface area (Å²) in [6.07, 6.45) is 1.47. The summed E-state index contributed by atoms with van der Waals surface area (Å²) in [5, 5.41) is 0. The van der Waals surface area contributed by atoms with Crippen LogP contribution < -0.4 is 5.56 Å². The highest BCUT2D eigenvalue weighted by Crippen LogP contribution is 2.23. The van der Waals surface area contributed by atoms with Crippen LogP contribution in [0.4, 0.5) is 0 Å². The number of aryl methyl sites for hydroxylation is 1. The molecule has 1 aromatic heterocycles. The van der Waals surface area contributed by atoms with Gasteiger partial charge >= 0.3 is 0 Å². The lowest BCUT2D eigenvalue weighted by Gasteiger charge is -2.10. The van der Waals surface area contributed by atoms with Gasteiger partial charge in [0.25, 0.3) is 5.56 Å². The van der Waals surface area contributed by atoms with Gasteiger partial charge in [0, 0.05) is 0 Å². The van der Waals surface area contributed by atoms with E-state index < -0.39 is 0 Å². The molecule has 0 amide bonds. The molecule has 0 bridgehead atoms. The lowest BCUT2D eigenvalue weighted by Crippen LogP contribution is -2.14. The highest BCUT2D eigenvalue weighted by Gasteiger charge is 2.13. The Morgan fingerprint density at radius 3 is 2.41 bits per heavy atom. The second kappa shape index (κ2) is 4.53. The molecule has 2 aromatic rings. The van der Waals surface area contributed by atoms with E-state index in [2.05, 4.69) is 9.97 Å². The number of nitrogens with zero attached hydrogens (tertiary/aromatic N) is 1. The second-order valence-electron chi connectivity index (χ2n) is 4.51. The molecule has 1 N–H and O–H groups in total. The number of benzene rings is 1. The molecule has 0 aliphatic carbocycles. The molecule has 0 atom stereocenters.